The molecule has 4 aromatic rings. The second-order valence-electron chi connectivity index (χ2n) is 9.11. The van der Waals surface area contributed by atoms with E-state index >= 15 is 0 Å². The topological polar surface area (TPSA) is 58.6 Å². The molecule has 35 heavy (non-hydrogen) atoms. The van der Waals surface area contributed by atoms with Crippen LogP contribution in [0.3, 0.4) is 0 Å². The lowest BCUT2D eigenvalue weighted by molar-refractivity contribution is -0.139. The van der Waals surface area contributed by atoms with Gasteiger partial charge in [0, 0.05) is 49.1 Å². The maximum absolute atomic E-state index is 13.2. The molecule has 1 amide bonds. The fraction of sp³-hybridized carbons (Fsp3) is 0.276. The van der Waals surface area contributed by atoms with Gasteiger partial charge < -0.3 is 9.64 Å². The van der Waals surface area contributed by atoms with Gasteiger partial charge >= 0.3 is 0 Å². The summed E-state index contributed by atoms with van der Waals surface area (Å²) in [7, 11) is 0. The molecule has 0 bridgehead atoms. The molecule has 178 valence electrons. The van der Waals surface area contributed by atoms with Crippen LogP contribution in [0.4, 0.5) is 0 Å². The Balaban J connectivity index is 1.27. The Hall–Kier alpha value is -3.77. The summed E-state index contributed by atoms with van der Waals surface area (Å²) in [5.74, 6) is 0.373. The number of aromatic nitrogens is 2. The summed E-state index contributed by atoms with van der Waals surface area (Å²) in [5, 5.41) is 10.7. The van der Waals surface area contributed by atoms with Crippen molar-refractivity contribution in [1.82, 2.24) is 20.0 Å². The van der Waals surface area contributed by atoms with Crippen molar-refractivity contribution in [3.05, 3.63) is 90.0 Å². The Kier molecular flexibility index (Phi) is 6.73. The van der Waals surface area contributed by atoms with E-state index in [1.165, 1.54) is 11.1 Å². The smallest absolute Gasteiger partial charge is 0.263 e. The van der Waals surface area contributed by atoms with Crippen LogP contribution in [-0.2, 0) is 11.3 Å². The quantitative estimate of drug-likeness (QED) is 0.412. The Bertz CT molecular complexity index is 1300. The molecule has 0 N–H and O–H groups in total. The number of benzene rings is 3. The van der Waals surface area contributed by atoms with E-state index in [1.807, 2.05) is 35.2 Å². The maximum Gasteiger partial charge on any atom is 0.263 e. The van der Waals surface area contributed by atoms with Crippen molar-refractivity contribution < 1.29 is 9.53 Å². The number of rotatable bonds is 6. The van der Waals surface area contributed by atoms with Crippen molar-refractivity contribution in [3.63, 3.8) is 0 Å². The average Bonchev–Trinajstić information content (AvgIpc) is 2.90. The third kappa shape index (κ3) is 5.17. The highest BCUT2D eigenvalue weighted by atomic mass is 16.5. The molecule has 5 rings (SSSR count). The molecular formula is C29H30N4O2. The van der Waals surface area contributed by atoms with Gasteiger partial charge in [-0.1, -0.05) is 78.4 Å². The molecule has 1 aromatic heterocycles. The van der Waals surface area contributed by atoms with E-state index in [2.05, 4.69) is 70.6 Å². The predicted octanol–water partition coefficient (Wildman–Crippen LogP) is 4.72. The first-order valence-electron chi connectivity index (χ1n) is 12.1. The highest BCUT2D eigenvalue weighted by molar-refractivity contribution is 5.97. The van der Waals surface area contributed by atoms with Crippen LogP contribution in [0.5, 0.6) is 5.88 Å². The van der Waals surface area contributed by atoms with Crippen LogP contribution in [-0.4, -0.2) is 58.2 Å². The molecule has 1 atom stereocenters. The zero-order valence-electron chi connectivity index (χ0n) is 20.2. The van der Waals surface area contributed by atoms with Gasteiger partial charge in [0.15, 0.2) is 6.10 Å². The van der Waals surface area contributed by atoms with Crippen LogP contribution < -0.4 is 4.74 Å². The molecule has 1 aliphatic heterocycles. The van der Waals surface area contributed by atoms with Gasteiger partial charge in [0.05, 0.1) is 0 Å². The van der Waals surface area contributed by atoms with Crippen molar-refractivity contribution in [3.8, 4) is 17.1 Å². The molecule has 0 unspecified atom stereocenters. The summed E-state index contributed by atoms with van der Waals surface area (Å²) in [4.78, 5) is 17.4. The number of piperazine rings is 1. The molecule has 2 heterocycles. The van der Waals surface area contributed by atoms with Crippen LogP contribution >= 0.6 is 0 Å². The number of carbonyl (C=O) groups is 1. The Morgan fingerprint density at radius 1 is 0.857 bits per heavy atom. The van der Waals surface area contributed by atoms with Crippen molar-refractivity contribution >= 4 is 16.7 Å². The first-order chi connectivity index (χ1) is 17.1. The number of amides is 1. The molecule has 1 aliphatic rings. The number of fused-ring (bicyclic) bond motifs is 1. The van der Waals surface area contributed by atoms with Crippen LogP contribution in [0.25, 0.3) is 22.0 Å². The van der Waals surface area contributed by atoms with Gasteiger partial charge in [0.1, 0.15) is 5.69 Å². The van der Waals surface area contributed by atoms with E-state index in [0.717, 1.165) is 41.7 Å². The molecular weight excluding hydrogens is 436 g/mol. The second kappa shape index (κ2) is 10.2. The SMILES string of the molecule is Cc1ccc(-c2nnc(O[C@@H](C)C(=O)N3CCN(Cc4ccccc4)CC3)c3ccccc23)cc1. The lowest BCUT2D eigenvalue weighted by atomic mass is 10.0. The number of ether oxygens (including phenoxy) is 1. The minimum atomic E-state index is -0.640. The fourth-order valence-electron chi connectivity index (χ4n) is 4.53. The van der Waals surface area contributed by atoms with E-state index in [1.54, 1.807) is 6.92 Å². The molecule has 3 aromatic carbocycles. The molecule has 0 spiro atoms. The minimum absolute atomic E-state index is 0.0159. The van der Waals surface area contributed by atoms with Crippen LogP contribution in [0.2, 0.25) is 0 Å². The van der Waals surface area contributed by atoms with Crippen LogP contribution in [0.1, 0.15) is 18.1 Å². The second-order valence-corrected chi connectivity index (χ2v) is 9.11. The standard InChI is InChI=1S/C29H30N4O2/c1-21-12-14-24(15-13-21)27-25-10-6-7-11-26(25)28(31-30-27)35-22(2)29(34)33-18-16-32(17-19-33)20-23-8-4-3-5-9-23/h3-15,22H,16-20H2,1-2H3/t22-/m0/s1. The third-order valence-corrected chi connectivity index (χ3v) is 6.55. The summed E-state index contributed by atoms with van der Waals surface area (Å²) in [6.07, 6.45) is -0.640. The Morgan fingerprint density at radius 3 is 2.23 bits per heavy atom. The zero-order chi connectivity index (χ0) is 24.2. The number of aryl methyl sites for hydroxylation is 1. The predicted molar refractivity (Wildman–Crippen MR) is 138 cm³/mol. The lowest BCUT2D eigenvalue weighted by Gasteiger charge is -2.35. The van der Waals surface area contributed by atoms with Crippen molar-refractivity contribution in [1.29, 1.82) is 0 Å². The highest BCUT2D eigenvalue weighted by Gasteiger charge is 2.27. The largest absolute Gasteiger partial charge is 0.463 e. The van der Waals surface area contributed by atoms with Crippen molar-refractivity contribution in [2.45, 2.75) is 26.5 Å². The molecule has 1 fully saturated rings. The van der Waals surface area contributed by atoms with Gasteiger partial charge in [-0.05, 0) is 25.5 Å². The van der Waals surface area contributed by atoms with Gasteiger partial charge in [0.25, 0.3) is 5.91 Å². The van der Waals surface area contributed by atoms with Gasteiger partial charge in [0.2, 0.25) is 5.88 Å². The molecule has 0 radical (unpaired) electrons. The van der Waals surface area contributed by atoms with Gasteiger partial charge in [-0.3, -0.25) is 9.69 Å². The van der Waals surface area contributed by atoms with E-state index in [4.69, 9.17) is 4.74 Å². The monoisotopic (exact) mass is 466 g/mol. The third-order valence-electron chi connectivity index (χ3n) is 6.55. The number of nitrogens with zero attached hydrogens (tertiary/aromatic N) is 4. The minimum Gasteiger partial charge on any atom is -0.463 e. The van der Waals surface area contributed by atoms with Gasteiger partial charge in [-0.15, -0.1) is 10.2 Å². The summed E-state index contributed by atoms with van der Waals surface area (Å²) in [6, 6.07) is 26.6. The number of hydrogen-bond donors (Lipinski definition) is 0. The Labute approximate surface area is 206 Å². The first kappa shape index (κ1) is 23.0. The summed E-state index contributed by atoms with van der Waals surface area (Å²) in [5.41, 5.74) is 4.30. The van der Waals surface area contributed by atoms with E-state index < -0.39 is 6.10 Å². The van der Waals surface area contributed by atoms with Crippen molar-refractivity contribution in [2.24, 2.45) is 0 Å². The van der Waals surface area contributed by atoms with Crippen molar-refractivity contribution in [2.75, 3.05) is 26.2 Å². The van der Waals surface area contributed by atoms with Crippen LogP contribution in [0.15, 0.2) is 78.9 Å². The van der Waals surface area contributed by atoms with E-state index in [9.17, 15) is 4.79 Å². The molecule has 1 saturated heterocycles. The van der Waals surface area contributed by atoms with Crippen LogP contribution in [0, 0.1) is 6.92 Å². The number of hydrogen-bond acceptors (Lipinski definition) is 5. The zero-order valence-corrected chi connectivity index (χ0v) is 20.2. The number of carbonyl (C=O) groups excluding carboxylic acids is 1. The normalized spacial score (nSPS) is 15.2. The summed E-state index contributed by atoms with van der Waals surface area (Å²) in [6.45, 7) is 7.85. The first-order valence-corrected chi connectivity index (χ1v) is 12.1. The van der Waals surface area contributed by atoms with Gasteiger partial charge in [-0.25, -0.2) is 0 Å². The molecule has 6 nitrogen and oxygen atoms in total. The molecule has 0 saturated carbocycles. The summed E-state index contributed by atoms with van der Waals surface area (Å²) < 4.78 is 6.10. The fourth-order valence-corrected chi connectivity index (χ4v) is 4.53. The highest BCUT2D eigenvalue weighted by Crippen LogP contribution is 2.31. The van der Waals surface area contributed by atoms with Gasteiger partial charge in [-0.2, -0.15) is 0 Å². The Morgan fingerprint density at radius 2 is 1.51 bits per heavy atom. The van der Waals surface area contributed by atoms with E-state index in [-0.39, 0.29) is 5.91 Å². The maximum atomic E-state index is 13.2. The molecule has 0 aliphatic carbocycles. The average molecular weight is 467 g/mol. The molecule has 6 heteroatoms. The lowest BCUT2D eigenvalue weighted by Crippen LogP contribution is -2.51. The summed E-state index contributed by atoms with van der Waals surface area (Å²) >= 11 is 0. The van der Waals surface area contributed by atoms with E-state index in [0.29, 0.717) is 19.0 Å².